The molecule has 0 aromatic heterocycles. The van der Waals surface area contributed by atoms with Crippen LogP contribution in [0.5, 0.6) is 5.75 Å². The van der Waals surface area contributed by atoms with Crippen molar-refractivity contribution in [2.24, 2.45) is 0 Å². The van der Waals surface area contributed by atoms with E-state index in [1.807, 2.05) is 26.0 Å². The molecule has 1 N–H and O–H groups in total. The Morgan fingerprint density at radius 3 is 2.89 bits per heavy atom. The third kappa shape index (κ3) is 3.34. The van der Waals surface area contributed by atoms with Crippen molar-refractivity contribution in [2.45, 2.75) is 39.2 Å². The second-order valence-corrected chi connectivity index (χ2v) is 5.07. The number of hydrogen-bond acceptors (Lipinski definition) is 3. The fourth-order valence-electron chi connectivity index (χ4n) is 2.29. The number of fused-ring (bicyclic) bond motifs is 1. The second kappa shape index (κ2) is 5.87. The molecule has 19 heavy (non-hydrogen) atoms. The van der Waals surface area contributed by atoms with Gasteiger partial charge < -0.3 is 10.1 Å². The highest BCUT2D eigenvalue weighted by atomic mass is 16.5. The topological polar surface area (TPSA) is 55.4 Å². The lowest BCUT2D eigenvalue weighted by molar-refractivity contribution is -0.123. The maximum absolute atomic E-state index is 11.8. The third-order valence-corrected chi connectivity index (χ3v) is 3.07. The lowest BCUT2D eigenvalue weighted by Gasteiger charge is -2.18. The number of ketones is 1. The highest BCUT2D eigenvalue weighted by molar-refractivity contribution is 5.99. The molecule has 1 aliphatic carbocycles. The van der Waals surface area contributed by atoms with Gasteiger partial charge in [-0.05, 0) is 32.8 Å². The van der Waals surface area contributed by atoms with Gasteiger partial charge in [0.2, 0.25) is 0 Å². The lowest BCUT2D eigenvalue weighted by atomic mass is 9.90. The van der Waals surface area contributed by atoms with E-state index in [1.54, 1.807) is 6.07 Å². The molecule has 0 unspecified atom stereocenters. The summed E-state index contributed by atoms with van der Waals surface area (Å²) in [6.07, 6.45) is 2.29. The summed E-state index contributed by atoms with van der Waals surface area (Å²) in [5, 5.41) is 2.77. The Morgan fingerprint density at radius 2 is 2.16 bits per heavy atom. The standard InChI is InChI=1S/C15H19NO3/c1-10(2)16-15(18)9-19-14-8-4-5-11-12(14)6-3-7-13(11)17/h4-5,8,10H,3,6-7,9H2,1-2H3,(H,16,18). The smallest absolute Gasteiger partial charge is 0.258 e. The van der Waals surface area contributed by atoms with E-state index in [9.17, 15) is 9.59 Å². The van der Waals surface area contributed by atoms with Gasteiger partial charge in [-0.2, -0.15) is 0 Å². The molecular weight excluding hydrogens is 242 g/mol. The molecule has 0 heterocycles. The van der Waals surface area contributed by atoms with E-state index >= 15 is 0 Å². The van der Waals surface area contributed by atoms with Crippen LogP contribution in [0.15, 0.2) is 18.2 Å². The average Bonchev–Trinajstić information content (AvgIpc) is 2.36. The minimum atomic E-state index is -0.144. The summed E-state index contributed by atoms with van der Waals surface area (Å²) in [4.78, 5) is 23.3. The van der Waals surface area contributed by atoms with Crippen LogP contribution in [0, 0.1) is 0 Å². The zero-order chi connectivity index (χ0) is 13.8. The number of nitrogens with one attached hydrogen (secondary N) is 1. The molecule has 0 atom stereocenters. The zero-order valence-electron chi connectivity index (χ0n) is 11.4. The van der Waals surface area contributed by atoms with Crippen LogP contribution in [0.3, 0.4) is 0 Å². The molecule has 0 bridgehead atoms. The number of ether oxygens (including phenoxy) is 1. The molecule has 0 fully saturated rings. The number of amides is 1. The number of benzene rings is 1. The van der Waals surface area contributed by atoms with Gasteiger partial charge in [-0.3, -0.25) is 9.59 Å². The van der Waals surface area contributed by atoms with Crippen LogP contribution < -0.4 is 10.1 Å². The van der Waals surface area contributed by atoms with Gasteiger partial charge in [-0.25, -0.2) is 0 Å². The van der Waals surface area contributed by atoms with Crippen molar-refractivity contribution in [3.8, 4) is 5.75 Å². The highest BCUT2D eigenvalue weighted by Crippen LogP contribution is 2.29. The molecule has 2 rings (SSSR count). The fourth-order valence-corrected chi connectivity index (χ4v) is 2.29. The average molecular weight is 261 g/mol. The predicted octanol–water partition coefficient (Wildman–Crippen LogP) is 2.11. The molecule has 1 amide bonds. The van der Waals surface area contributed by atoms with Crippen LogP contribution in [0.1, 0.15) is 42.6 Å². The van der Waals surface area contributed by atoms with E-state index in [2.05, 4.69) is 5.32 Å². The number of hydrogen-bond donors (Lipinski definition) is 1. The number of rotatable bonds is 4. The molecule has 102 valence electrons. The van der Waals surface area contributed by atoms with Crippen LogP contribution >= 0.6 is 0 Å². The Kier molecular flexibility index (Phi) is 4.20. The third-order valence-electron chi connectivity index (χ3n) is 3.07. The van der Waals surface area contributed by atoms with Gasteiger partial charge in [-0.1, -0.05) is 12.1 Å². The number of Topliss-reactive ketones (excluding diaryl/α,β-unsaturated/α-hetero) is 1. The molecule has 1 aliphatic rings. The van der Waals surface area contributed by atoms with Crippen LogP contribution in [0.2, 0.25) is 0 Å². The van der Waals surface area contributed by atoms with Gasteiger partial charge in [0, 0.05) is 23.6 Å². The quantitative estimate of drug-likeness (QED) is 0.903. The van der Waals surface area contributed by atoms with Gasteiger partial charge in [0.1, 0.15) is 5.75 Å². The minimum Gasteiger partial charge on any atom is -0.483 e. The van der Waals surface area contributed by atoms with Gasteiger partial charge >= 0.3 is 0 Å². The number of carbonyl (C=O) groups is 2. The summed E-state index contributed by atoms with van der Waals surface area (Å²) < 4.78 is 5.55. The van der Waals surface area contributed by atoms with Gasteiger partial charge in [0.05, 0.1) is 0 Å². The van der Waals surface area contributed by atoms with Crippen molar-refractivity contribution in [3.05, 3.63) is 29.3 Å². The van der Waals surface area contributed by atoms with Crippen LogP contribution in [-0.2, 0) is 11.2 Å². The highest BCUT2D eigenvalue weighted by Gasteiger charge is 2.20. The first-order chi connectivity index (χ1) is 9.08. The summed E-state index contributed by atoms with van der Waals surface area (Å²) in [6, 6.07) is 5.55. The van der Waals surface area contributed by atoms with Crippen molar-refractivity contribution in [2.75, 3.05) is 6.61 Å². The van der Waals surface area contributed by atoms with Crippen molar-refractivity contribution >= 4 is 11.7 Å². The fraction of sp³-hybridized carbons (Fsp3) is 0.467. The Morgan fingerprint density at radius 1 is 1.37 bits per heavy atom. The summed E-state index contributed by atoms with van der Waals surface area (Å²) >= 11 is 0. The second-order valence-electron chi connectivity index (χ2n) is 5.07. The molecule has 1 aromatic rings. The Bertz CT molecular complexity index is 494. The monoisotopic (exact) mass is 261 g/mol. The van der Waals surface area contributed by atoms with Crippen molar-refractivity contribution in [3.63, 3.8) is 0 Å². The molecule has 0 spiro atoms. The zero-order valence-corrected chi connectivity index (χ0v) is 11.4. The largest absolute Gasteiger partial charge is 0.483 e. The Hall–Kier alpha value is -1.84. The lowest BCUT2D eigenvalue weighted by Crippen LogP contribution is -2.34. The molecular formula is C15H19NO3. The minimum absolute atomic E-state index is 0.0111. The van der Waals surface area contributed by atoms with Crippen LogP contribution in [0.4, 0.5) is 0 Å². The van der Waals surface area contributed by atoms with Gasteiger partial charge in [0.15, 0.2) is 12.4 Å². The van der Waals surface area contributed by atoms with E-state index in [1.165, 1.54) is 0 Å². The molecule has 0 saturated heterocycles. The number of carbonyl (C=O) groups excluding carboxylic acids is 2. The molecule has 0 saturated carbocycles. The molecule has 1 aromatic carbocycles. The Labute approximate surface area is 113 Å². The molecule has 4 nitrogen and oxygen atoms in total. The summed E-state index contributed by atoms with van der Waals surface area (Å²) in [6.45, 7) is 3.80. The van der Waals surface area contributed by atoms with Crippen molar-refractivity contribution in [1.29, 1.82) is 0 Å². The van der Waals surface area contributed by atoms with Gasteiger partial charge in [0.25, 0.3) is 5.91 Å². The van der Waals surface area contributed by atoms with E-state index in [0.717, 1.165) is 24.0 Å². The summed E-state index contributed by atoms with van der Waals surface area (Å²) in [7, 11) is 0. The SMILES string of the molecule is CC(C)NC(=O)COc1cccc2c1CCCC2=O. The maximum Gasteiger partial charge on any atom is 0.258 e. The van der Waals surface area contributed by atoms with Crippen LogP contribution in [0.25, 0.3) is 0 Å². The van der Waals surface area contributed by atoms with Gasteiger partial charge in [-0.15, -0.1) is 0 Å². The molecule has 4 heteroatoms. The van der Waals surface area contributed by atoms with E-state index in [4.69, 9.17) is 4.74 Å². The summed E-state index contributed by atoms with van der Waals surface area (Å²) in [5.74, 6) is 0.678. The summed E-state index contributed by atoms with van der Waals surface area (Å²) in [5.41, 5.74) is 1.68. The first-order valence-electron chi connectivity index (χ1n) is 6.65. The molecule has 0 aliphatic heterocycles. The van der Waals surface area contributed by atoms with E-state index in [-0.39, 0.29) is 24.3 Å². The first-order valence-corrected chi connectivity index (χ1v) is 6.65. The maximum atomic E-state index is 11.8. The van der Waals surface area contributed by atoms with Crippen molar-refractivity contribution in [1.82, 2.24) is 5.32 Å². The normalized spacial score (nSPS) is 14.2. The first kappa shape index (κ1) is 13.6. The van der Waals surface area contributed by atoms with E-state index in [0.29, 0.717) is 12.2 Å². The Balaban J connectivity index is 2.07. The predicted molar refractivity (Wildman–Crippen MR) is 72.5 cm³/mol. The van der Waals surface area contributed by atoms with E-state index < -0.39 is 0 Å². The van der Waals surface area contributed by atoms with Crippen LogP contribution in [-0.4, -0.2) is 24.3 Å². The molecule has 0 radical (unpaired) electrons. The van der Waals surface area contributed by atoms with Crippen molar-refractivity contribution < 1.29 is 14.3 Å².